The summed E-state index contributed by atoms with van der Waals surface area (Å²) in [6.07, 6.45) is 1.66. The van der Waals surface area contributed by atoms with E-state index in [1.807, 2.05) is 36.1 Å². The summed E-state index contributed by atoms with van der Waals surface area (Å²) in [6, 6.07) is 9.74. The first-order chi connectivity index (χ1) is 14.0. The van der Waals surface area contributed by atoms with Crippen LogP contribution in [0.3, 0.4) is 0 Å². The van der Waals surface area contributed by atoms with Gasteiger partial charge < -0.3 is 19.4 Å². The number of fused-ring (bicyclic) bond motifs is 1. The van der Waals surface area contributed by atoms with Crippen LogP contribution in [0.1, 0.15) is 35.4 Å². The number of amides is 3. The van der Waals surface area contributed by atoms with Crippen LogP contribution in [0, 0.1) is 0 Å². The van der Waals surface area contributed by atoms with E-state index in [0.717, 1.165) is 24.2 Å². The molecular formula is C22H29N3O3S. The number of methoxy groups -OCH3 is 1. The van der Waals surface area contributed by atoms with Crippen molar-refractivity contribution in [2.75, 3.05) is 40.8 Å². The zero-order valence-corrected chi connectivity index (χ0v) is 18.4. The molecule has 1 aliphatic heterocycles. The quantitative estimate of drug-likeness (QED) is 0.724. The largest absolute Gasteiger partial charge is 0.497 e. The highest BCUT2D eigenvalue weighted by atomic mass is 32.1. The molecule has 0 radical (unpaired) electrons. The predicted octanol–water partition coefficient (Wildman–Crippen LogP) is 3.62. The third-order valence-electron chi connectivity index (χ3n) is 5.19. The summed E-state index contributed by atoms with van der Waals surface area (Å²) in [4.78, 5) is 32.2. The van der Waals surface area contributed by atoms with Gasteiger partial charge >= 0.3 is 6.03 Å². The van der Waals surface area contributed by atoms with Crippen molar-refractivity contribution in [2.45, 2.75) is 25.8 Å². The van der Waals surface area contributed by atoms with Crippen LogP contribution >= 0.6 is 11.3 Å². The van der Waals surface area contributed by atoms with Crippen LogP contribution in [-0.4, -0.2) is 67.5 Å². The molecular weight excluding hydrogens is 386 g/mol. The maximum Gasteiger partial charge on any atom is 0.319 e. The Labute approximate surface area is 176 Å². The number of thiophene rings is 1. The molecule has 3 amide bonds. The van der Waals surface area contributed by atoms with Gasteiger partial charge in [0.2, 0.25) is 5.91 Å². The lowest BCUT2D eigenvalue weighted by atomic mass is 9.93. The summed E-state index contributed by atoms with van der Waals surface area (Å²) in [7, 11) is 5.08. The molecule has 1 unspecified atom stereocenters. The molecule has 0 aliphatic carbocycles. The molecule has 2 heterocycles. The molecule has 0 saturated carbocycles. The number of ether oxygens (including phenoxy) is 1. The van der Waals surface area contributed by atoms with E-state index >= 15 is 0 Å². The Balaban J connectivity index is 1.89. The second-order valence-corrected chi connectivity index (χ2v) is 8.41. The fourth-order valence-corrected chi connectivity index (χ4v) is 4.68. The molecule has 3 rings (SSSR count). The number of nitrogens with zero attached hydrogens (tertiary/aromatic N) is 3. The molecule has 7 heteroatoms. The third-order valence-corrected chi connectivity index (χ3v) is 6.19. The molecule has 0 N–H and O–H groups in total. The number of hydrogen-bond acceptors (Lipinski definition) is 4. The second kappa shape index (κ2) is 9.31. The molecule has 2 aromatic rings. The molecule has 156 valence electrons. The fourth-order valence-electron chi connectivity index (χ4n) is 3.78. The van der Waals surface area contributed by atoms with Crippen molar-refractivity contribution in [1.29, 1.82) is 0 Å². The van der Waals surface area contributed by atoms with Gasteiger partial charge in [0.25, 0.3) is 0 Å². The maximum absolute atomic E-state index is 13.3. The lowest BCUT2D eigenvalue weighted by Gasteiger charge is -2.38. The molecule has 29 heavy (non-hydrogen) atoms. The lowest BCUT2D eigenvalue weighted by Crippen LogP contribution is -2.49. The van der Waals surface area contributed by atoms with E-state index in [1.165, 1.54) is 15.3 Å². The summed E-state index contributed by atoms with van der Waals surface area (Å²) in [6.45, 7) is 3.32. The van der Waals surface area contributed by atoms with Gasteiger partial charge in [0.1, 0.15) is 12.3 Å². The van der Waals surface area contributed by atoms with E-state index in [0.29, 0.717) is 13.1 Å². The maximum atomic E-state index is 13.3. The Hall–Kier alpha value is -2.54. The molecule has 0 spiro atoms. The van der Waals surface area contributed by atoms with E-state index in [1.54, 1.807) is 37.4 Å². The Morgan fingerprint density at radius 2 is 1.93 bits per heavy atom. The predicted molar refractivity (Wildman–Crippen MR) is 116 cm³/mol. The molecule has 1 atom stereocenters. The first-order valence-electron chi connectivity index (χ1n) is 9.92. The standard InChI is InChI=1S/C22H29N3O3S/c1-5-12-24(22(27)23(2)3)15-20(26)25-13-10-19-18(11-14-29-19)21(25)16-6-8-17(28-4)9-7-16/h6-9,11,14,21H,5,10,12-13,15H2,1-4H3. The van der Waals surface area contributed by atoms with Gasteiger partial charge in [-0.3, -0.25) is 4.79 Å². The van der Waals surface area contributed by atoms with Gasteiger partial charge in [0, 0.05) is 32.1 Å². The van der Waals surface area contributed by atoms with Gasteiger partial charge in [0.15, 0.2) is 0 Å². The van der Waals surface area contributed by atoms with E-state index in [9.17, 15) is 9.59 Å². The summed E-state index contributed by atoms with van der Waals surface area (Å²) < 4.78 is 5.29. The van der Waals surface area contributed by atoms with Crippen LogP contribution in [0.2, 0.25) is 0 Å². The van der Waals surface area contributed by atoms with Crippen molar-refractivity contribution in [2.24, 2.45) is 0 Å². The van der Waals surface area contributed by atoms with E-state index in [2.05, 4.69) is 11.4 Å². The Kier molecular flexibility index (Phi) is 6.79. The molecule has 1 aliphatic rings. The topological polar surface area (TPSA) is 53.1 Å². The minimum atomic E-state index is -0.138. The van der Waals surface area contributed by atoms with E-state index < -0.39 is 0 Å². The number of urea groups is 1. The molecule has 1 aromatic heterocycles. The lowest BCUT2D eigenvalue weighted by molar-refractivity contribution is -0.134. The fraction of sp³-hybridized carbons (Fsp3) is 0.455. The number of rotatable bonds is 6. The van der Waals surface area contributed by atoms with Crippen LogP contribution in [0.5, 0.6) is 5.75 Å². The van der Waals surface area contributed by atoms with Crippen molar-refractivity contribution in [1.82, 2.24) is 14.7 Å². The minimum Gasteiger partial charge on any atom is -0.497 e. The van der Waals surface area contributed by atoms with Gasteiger partial charge in [-0.25, -0.2) is 4.79 Å². The highest BCUT2D eigenvalue weighted by molar-refractivity contribution is 7.10. The SMILES string of the molecule is CCCN(CC(=O)N1CCc2sccc2C1c1ccc(OC)cc1)C(=O)N(C)C. The van der Waals surface area contributed by atoms with Crippen LogP contribution in [0.25, 0.3) is 0 Å². The highest BCUT2D eigenvalue weighted by Crippen LogP contribution is 2.38. The summed E-state index contributed by atoms with van der Waals surface area (Å²) in [5.41, 5.74) is 2.24. The van der Waals surface area contributed by atoms with Gasteiger partial charge in [-0.1, -0.05) is 19.1 Å². The molecule has 0 saturated heterocycles. The normalized spacial score (nSPS) is 15.6. The van der Waals surface area contributed by atoms with Crippen molar-refractivity contribution >= 4 is 23.3 Å². The van der Waals surface area contributed by atoms with Crippen LogP contribution in [-0.2, 0) is 11.2 Å². The van der Waals surface area contributed by atoms with Gasteiger partial charge in [-0.15, -0.1) is 11.3 Å². The summed E-state index contributed by atoms with van der Waals surface area (Å²) in [5.74, 6) is 0.769. The first kappa shape index (κ1) is 21.2. The zero-order valence-electron chi connectivity index (χ0n) is 17.6. The van der Waals surface area contributed by atoms with Crippen molar-refractivity contribution in [3.8, 4) is 5.75 Å². The van der Waals surface area contributed by atoms with Crippen molar-refractivity contribution < 1.29 is 14.3 Å². The average Bonchev–Trinajstić information content (AvgIpc) is 3.21. The Morgan fingerprint density at radius 3 is 2.55 bits per heavy atom. The van der Waals surface area contributed by atoms with Crippen molar-refractivity contribution in [3.05, 3.63) is 51.7 Å². The number of benzene rings is 1. The molecule has 0 fully saturated rings. The molecule has 6 nitrogen and oxygen atoms in total. The second-order valence-electron chi connectivity index (χ2n) is 7.41. The number of carbonyl (C=O) groups is 2. The number of carbonyl (C=O) groups excluding carboxylic acids is 2. The van der Waals surface area contributed by atoms with Gasteiger partial charge in [0.05, 0.1) is 13.2 Å². The van der Waals surface area contributed by atoms with Gasteiger partial charge in [-0.2, -0.15) is 0 Å². The average molecular weight is 416 g/mol. The van der Waals surface area contributed by atoms with Gasteiger partial charge in [-0.05, 0) is 47.5 Å². The summed E-state index contributed by atoms with van der Waals surface area (Å²) >= 11 is 1.74. The first-order valence-corrected chi connectivity index (χ1v) is 10.8. The van der Waals surface area contributed by atoms with Crippen LogP contribution < -0.4 is 4.74 Å². The van der Waals surface area contributed by atoms with Crippen LogP contribution in [0.4, 0.5) is 4.79 Å². The third kappa shape index (κ3) is 4.56. The van der Waals surface area contributed by atoms with E-state index in [-0.39, 0.29) is 24.5 Å². The highest BCUT2D eigenvalue weighted by Gasteiger charge is 2.34. The molecule has 0 bridgehead atoms. The van der Waals surface area contributed by atoms with Crippen LogP contribution in [0.15, 0.2) is 35.7 Å². The summed E-state index contributed by atoms with van der Waals surface area (Å²) in [5, 5.41) is 2.09. The monoisotopic (exact) mass is 415 g/mol. The van der Waals surface area contributed by atoms with Crippen molar-refractivity contribution in [3.63, 3.8) is 0 Å². The smallest absolute Gasteiger partial charge is 0.319 e. The molecule has 1 aromatic carbocycles. The Bertz CT molecular complexity index is 847. The minimum absolute atomic E-state index is 0.0219. The Morgan fingerprint density at radius 1 is 1.21 bits per heavy atom. The number of hydrogen-bond donors (Lipinski definition) is 0. The zero-order chi connectivity index (χ0) is 21.0. The van der Waals surface area contributed by atoms with E-state index in [4.69, 9.17) is 4.74 Å².